The summed E-state index contributed by atoms with van der Waals surface area (Å²) in [5.41, 5.74) is 4.29. The molecule has 0 N–H and O–H groups in total. The maximum Gasteiger partial charge on any atom is 0 e. The molecule has 0 bridgehead atoms. The zero-order valence-electron chi connectivity index (χ0n) is 6.26. The molecule has 56 valence electrons. The monoisotopic (exact) mass is 305 g/mol. The average Bonchev–Trinajstić information content (AvgIpc) is 1.84. The largest absolute Gasteiger partial charge is 0.224 e. The van der Waals surface area contributed by atoms with Crippen LogP contribution in [0.1, 0.15) is 20.8 Å². The molecule has 0 aliphatic rings. The fourth-order valence-electron chi connectivity index (χ4n) is 0.416. The molecule has 0 spiro atoms. The van der Waals surface area contributed by atoms with Crippen LogP contribution in [0.25, 0.3) is 0 Å². The van der Waals surface area contributed by atoms with Crippen molar-refractivity contribution in [2.24, 2.45) is 0 Å². The van der Waals surface area contributed by atoms with E-state index < -0.39 is 0 Å². The maximum atomic E-state index is 5.76. The van der Waals surface area contributed by atoms with Crippen LogP contribution < -0.4 is 0 Å². The van der Waals surface area contributed by atoms with Gasteiger partial charge in [-0.3, -0.25) is 0 Å². The summed E-state index contributed by atoms with van der Waals surface area (Å²) in [5.74, 6) is 0. The van der Waals surface area contributed by atoms with Crippen molar-refractivity contribution in [3.63, 3.8) is 0 Å². The summed E-state index contributed by atoms with van der Waals surface area (Å²) in [6, 6.07) is 0. The van der Waals surface area contributed by atoms with Crippen molar-refractivity contribution in [1.82, 2.24) is 0 Å². The second-order valence-corrected chi connectivity index (χ2v) is 2.60. The molecule has 10 heavy (non-hydrogen) atoms. The van der Waals surface area contributed by atoms with Gasteiger partial charge in [0.25, 0.3) is 0 Å². The van der Waals surface area contributed by atoms with Crippen molar-refractivity contribution in [3.05, 3.63) is 21.7 Å². The zero-order valence-corrected chi connectivity index (χ0v) is 11.0. The molecular formula is C7H9Cl2Nd-. The summed E-state index contributed by atoms with van der Waals surface area (Å²) in [6.07, 6.45) is 0. The Bertz CT molecular complexity index is 155. The molecule has 0 unspecified atom stereocenters. The summed E-state index contributed by atoms with van der Waals surface area (Å²) in [4.78, 5) is 0. The van der Waals surface area contributed by atoms with Crippen LogP contribution in [0.15, 0.2) is 16.2 Å². The number of hydrogen-bond acceptors (Lipinski definition) is 0. The molecule has 0 aromatic heterocycles. The molecule has 0 fully saturated rings. The fraction of sp³-hybridized carbons (Fsp3) is 0.429. The maximum absolute atomic E-state index is 5.76. The normalized spacial score (nSPS) is 10.3. The molecule has 0 radical (unpaired) electrons. The van der Waals surface area contributed by atoms with E-state index in [0.717, 1.165) is 11.1 Å². The molecule has 0 saturated heterocycles. The van der Waals surface area contributed by atoms with Crippen LogP contribution in [-0.2, 0) is 0 Å². The van der Waals surface area contributed by atoms with Gasteiger partial charge < -0.3 is 0 Å². The van der Waals surface area contributed by atoms with E-state index in [9.17, 15) is 0 Å². The third kappa shape index (κ3) is 5.11. The first-order valence-corrected chi connectivity index (χ1v) is 3.38. The van der Waals surface area contributed by atoms with Crippen LogP contribution in [0.3, 0.4) is 0 Å². The van der Waals surface area contributed by atoms with Gasteiger partial charge in [0.1, 0.15) is 0 Å². The van der Waals surface area contributed by atoms with Crippen LogP contribution in [-0.4, -0.2) is 0 Å². The third-order valence-corrected chi connectivity index (χ3v) is 1.85. The van der Waals surface area contributed by atoms with Crippen molar-refractivity contribution in [2.45, 2.75) is 20.8 Å². The smallest absolute Gasteiger partial charge is 0 e. The molecule has 3 heteroatoms. The summed E-state index contributed by atoms with van der Waals surface area (Å²) >= 11 is 11.0. The standard InChI is InChI=1S/C7H9Cl2.Nd/c1-5(2)7(9)6(3)4-8;/h1-3H3;/q-1;. The molecular weight excluding hydrogens is 299 g/mol. The van der Waals surface area contributed by atoms with Gasteiger partial charge in [-0.1, -0.05) is 20.8 Å². The zero-order chi connectivity index (χ0) is 7.44. The Morgan fingerprint density at radius 1 is 1.20 bits per heavy atom. The van der Waals surface area contributed by atoms with Crippen molar-refractivity contribution in [1.29, 1.82) is 0 Å². The van der Waals surface area contributed by atoms with Gasteiger partial charge in [-0.2, -0.15) is 11.1 Å². The number of halogens is 2. The average molecular weight is 308 g/mol. The number of hydrogen-bond donors (Lipinski definition) is 0. The topological polar surface area (TPSA) is 0 Å². The van der Waals surface area contributed by atoms with Gasteiger partial charge in [-0.25, -0.2) is 23.2 Å². The molecule has 0 heterocycles. The van der Waals surface area contributed by atoms with Gasteiger partial charge in [0.2, 0.25) is 0 Å². The Morgan fingerprint density at radius 2 is 1.60 bits per heavy atom. The minimum absolute atomic E-state index is 0. The van der Waals surface area contributed by atoms with E-state index in [0.29, 0.717) is 5.03 Å². The van der Waals surface area contributed by atoms with Crippen LogP contribution >= 0.6 is 23.2 Å². The van der Waals surface area contributed by atoms with Gasteiger partial charge >= 0.3 is 0 Å². The number of allylic oxidation sites excluding steroid dienone is 3. The Kier molecular flexibility index (Phi) is 9.89. The van der Waals surface area contributed by atoms with Crippen molar-refractivity contribution in [2.75, 3.05) is 0 Å². The molecule has 0 aliphatic carbocycles. The first kappa shape index (κ1) is 14.0. The Morgan fingerprint density at radius 3 is 1.70 bits per heavy atom. The van der Waals surface area contributed by atoms with Crippen molar-refractivity contribution >= 4 is 23.2 Å². The Balaban J connectivity index is 0. The molecule has 0 aliphatic heterocycles. The van der Waals surface area contributed by atoms with E-state index in [1.807, 2.05) is 20.8 Å². The SMILES string of the molecule is CC(=[C-]Cl)C(Cl)=C(C)C.[Nd]. The van der Waals surface area contributed by atoms with E-state index in [4.69, 9.17) is 23.2 Å². The summed E-state index contributed by atoms with van der Waals surface area (Å²) in [5, 5.41) is 0.699. The molecule has 0 atom stereocenters. The first-order chi connectivity index (χ1) is 4.09. The predicted octanol–water partition coefficient (Wildman–Crippen LogP) is 3.46. The van der Waals surface area contributed by atoms with Gasteiger partial charge in [0.05, 0.1) is 0 Å². The number of rotatable bonds is 1. The van der Waals surface area contributed by atoms with Crippen LogP contribution in [0.4, 0.5) is 0 Å². The molecule has 0 aromatic carbocycles. The van der Waals surface area contributed by atoms with Gasteiger partial charge in [-0.15, -0.1) is 10.6 Å². The van der Waals surface area contributed by atoms with E-state index in [1.54, 1.807) is 0 Å². The second kappa shape index (κ2) is 7.08. The van der Waals surface area contributed by atoms with Gasteiger partial charge in [-0.05, 0) is 0 Å². The fourth-order valence-corrected chi connectivity index (χ4v) is 0.607. The molecule has 0 nitrogen and oxygen atoms in total. The van der Waals surface area contributed by atoms with Crippen LogP contribution in [0.5, 0.6) is 0 Å². The summed E-state index contributed by atoms with van der Waals surface area (Å²) in [7, 11) is 0. The first-order valence-electron chi connectivity index (χ1n) is 2.63. The molecule has 0 saturated carbocycles. The predicted molar refractivity (Wildman–Crippen MR) is 42.5 cm³/mol. The van der Waals surface area contributed by atoms with Gasteiger partial charge in [0.15, 0.2) is 0 Å². The van der Waals surface area contributed by atoms with E-state index in [1.165, 1.54) is 0 Å². The Hall–Kier alpha value is 1.41. The van der Waals surface area contributed by atoms with Crippen LogP contribution in [0.2, 0.25) is 0 Å². The molecule has 0 rings (SSSR count). The summed E-state index contributed by atoms with van der Waals surface area (Å²) < 4.78 is 0. The molecule has 0 amide bonds. The quantitative estimate of drug-likeness (QED) is 0.514. The Labute approximate surface area is 105 Å². The minimum atomic E-state index is 0. The van der Waals surface area contributed by atoms with Gasteiger partial charge in [0, 0.05) is 40.8 Å². The van der Waals surface area contributed by atoms with E-state index >= 15 is 0 Å². The third-order valence-electron chi connectivity index (χ3n) is 0.910. The van der Waals surface area contributed by atoms with Crippen molar-refractivity contribution < 1.29 is 40.8 Å². The minimum Gasteiger partial charge on any atom is -0.224 e. The van der Waals surface area contributed by atoms with Crippen LogP contribution in [0, 0.1) is 46.4 Å². The van der Waals surface area contributed by atoms with Crippen molar-refractivity contribution in [3.8, 4) is 0 Å². The second-order valence-electron chi connectivity index (χ2n) is 2.03. The summed E-state index contributed by atoms with van der Waals surface area (Å²) in [6.45, 7) is 5.68. The van der Waals surface area contributed by atoms with E-state index in [-0.39, 0.29) is 40.8 Å². The molecule has 0 aromatic rings. The van der Waals surface area contributed by atoms with E-state index in [2.05, 4.69) is 5.54 Å².